The third-order valence-electron chi connectivity index (χ3n) is 3.80. The largest absolute Gasteiger partial charge is 0.351 e. The van der Waals surface area contributed by atoms with E-state index >= 15 is 0 Å². The van der Waals surface area contributed by atoms with E-state index in [9.17, 15) is 4.79 Å². The standard InChI is InChI=1S/C20H25NO/c1-19(2,3)21-18(22)20(4,17-13-9-6-10-14-17)15-16-11-7-5-8-12-16/h5-14H,15H2,1-4H3,(H,21,22). The van der Waals surface area contributed by atoms with Crippen molar-refractivity contribution in [2.24, 2.45) is 0 Å². The maximum Gasteiger partial charge on any atom is 0.231 e. The van der Waals surface area contributed by atoms with E-state index in [0.717, 1.165) is 11.1 Å². The Balaban J connectivity index is 2.38. The van der Waals surface area contributed by atoms with Crippen LogP contribution in [0.15, 0.2) is 60.7 Å². The molecule has 0 saturated heterocycles. The molecule has 0 fully saturated rings. The molecule has 2 aromatic rings. The number of hydrogen-bond acceptors (Lipinski definition) is 1. The van der Waals surface area contributed by atoms with Gasteiger partial charge in [-0.2, -0.15) is 0 Å². The van der Waals surface area contributed by atoms with Crippen molar-refractivity contribution in [1.29, 1.82) is 0 Å². The Morgan fingerprint density at radius 1 is 0.864 bits per heavy atom. The van der Waals surface area contributed by atoms with Gasteiger partial charge >= 0.3 is 0 Å². The van der Waals surface area contributed by atoms with Gasteiger partial charge < -0.3 is 5.32 Å². The fourth-order valence-electron chi connectivity index (χ4n) is 2.60. The maximum atomic E-state index is 13.0. The number of rotatable bonds is 4. The highest BCUT2D eigenvalue weighted by Gasteiger charge is 2.36. The molecule has 1 N–H and O–H groups in total. The Bertz CT molecular complexity index is 613. The van der Waals surface area contributed by atoms with Crippen LogP contribution in [-0.4, -0.2) is 11.4 Å². The molecule has 0 saturated carbocycles. The highest BCUT2D eigenvalue weighted by atomic mass is 16.2. The summed E-state index contributed by atoms with van der Waals surface area (Å²) < 4.78 is 0. The average molecular weight is 295 g/mol. The van der Waals surface area contributed by atoms with Crippen LogP contribution in [0.25, 0.3) is 0 Å². The minimum atomic E-state index is -0.587. The van der Waals surface area contributed by atoms with Gasteiger partial charge in [0.1, 0.15) is 0 Å². The fourth-order valence-corrected chi connectivity index (χ4v) is 2.60. The van der Waals surface area contributed by atoms with Gasteiger partial charge in [0.15, 0.2) is 0 Å². The molecule has 0 bridgehead atoms. The molecule has 116 valence electrons. The number of hydrogen-bond donors (Lipinski definition) is 1. The molecule has 1 atom stereocenters. The van der Waals surface area contributed by atoms with Crippen LogP contribution in [0.4, 0.5) is 0 Å². The van der Waals surface area contributed by atoms with E-state index in [1.54, 1.807) is 0 Å². The molecule has 1 unspecified atom stereocenters. The summed E-state index contributed by atoms with van der Waals surface area (Å²) in [6.45, 7) is 8.06. The summed E-state index contributed by atoms with van der Waals surface area (Å²) in [5.74, 6) is 0.0649. The van der Waals surface area contributed by atoms with E-state index in [0.29, 0.717) is 6.42 Å². The summed E-state index contributed by atoms with van der Waals surface area (Å²) in [5.41, 5.74) is 1.37. The zero-order valence-electron chi connectivity index (χ0n) is 13.9. The normalized spacial score (nSPS) is 14.2. The second-order valence-electron chi connectivity index (χ2n) is 7.06. The molecule has 0 aliphatic rings. The fraction of sp³-hybridized carbons (Fsp3) is 0.350. The van der Waals surface area contributed by atoms with Gasteiger partial charge in [-0.05, 0) is 45.2 Å². The predicted octanol–water partition coefficient (Wildman–Crippen LogP) is 4.10. The highest BCUT2D eigenvalue weighted by molar-refractivity contribution is 5.88. The molecular formula is C20H25NO. The summed E-state index contributed by atoms with van der Waals surface area (Å²) in [6, 6.07) is 20.2. The zero-order chi connectivity index (χ0) is 16.2. The molecule has 0 aliphatic carbocycles. The highest BCUT2D eigenvalue weighted by Crippen LogP contribution is 2.29. The lowest BCUT2D eigenvalue weighted by Crippen LogP contribution is -2.51. The lowest BCUT2D eigenvalue weighted by molar-refractivity contribution is -0.127. The van der Waals surface area contributed by atoms with Gasteiger partial charge in [-0.3, -0.25) is 4.79 Å². The van der Waals surface area contributed by atoms with Crippen molar-refractivity contribution in [3.63, 3.8) is 0 Å². The van der Waals surface area contributed by atoms with Crippen molar-refractivity contribution < 1.29 is 4.79 Å². The molecule has 0 radical (unpaired) electrons. The van der Waals surface area contributed by atoms with E-state index in [1.807, 2.05) is 76.2 Å². The van der Waals surface area contributed by atoms with Gasteiger partial charge in [-0.1, -0.05) is 60.7 Å². The lowest BCUT2D eigenvalue weighted by Gasteiger charge is -2.33. The quantitative estimate of drug-likeness (QED) is 0.904. The monoisotopic (exact) mass is 295 g/mol. The van der Waals surface area contributed by atoms with E-state index in [2.05, 4.69) is 17.4 Å². The van der Waals surface area contributed by atoms with E-state index < -0.39 is 5.41 Å². The lowest BCUT2D eigenvalue weighted by atomic mass is 9.76. The second kappa shape index (κ2) is 6.35. The first-order valence-corrected chi connectivity index (χ1v) is 7.73. The third kappa shape index (κ3) is 3.97. The predicted molar refractivity (Wildman–Crippen MR) is 91.8 cm³/mol. The zero-order valence-corrected chi connectivity index (χ0v) is 13.9. The number of amides is 1. The van der Waals surface area contributed by atoms with Crippen molar-refractivity contribution >= 4 is 5.91 Å². The molecule has 0 aromatic heterocycles. The van der Waals surface area contributed by atoms with Crippen LogP contribution in [0.2, 0.25) is 0 Å². The number of benzene rings is 2. The average Bonchev–Trinajstić information content (AvgIpc) is 2.47. The van der Waals surface area contributed by atoms with Crippen LogP contribution < -0.4 is 5.32 Å². The van der Waals surface area contributed by atoms with Crippen LogP contribution in [-0.2, 0) is 16.6 Å². The van der Waals surface area contributed by atoms with E-state index in [1.165, 1.54) is 0 Å². The summed E-state index contributed by atoms with van der Waals surface area (Å²) in [5, 5.41) is 3.14. The van der Waals surface area contributed by atoms with E-state index in [4.69, 9.17) is 0 Å². The van der Waals surface area contributed by atoms with Gasteiger partial charge in [0.25, 0.3) is 0 Å². The van der Waals surface area contributed by atoms with Crippen LogP contribution in [0.1, 0.15) is 38.8 Å². The minimum absolute atomic E-state index is 0.0649. The smallest absolute Gasteiger partial charge is 0.231 e. The van der Waals surface area contributed by atoms with Crippen molar-refractivity contribution in [2.75, 3.05) is 0 Å². The van der Waals surface area contributed by atoms with Crippen molar-refractivity contribution in [3.05, 3.63) is 71.8 Å². The van der Waals surface area contributed by atoms with Crippen LogP contribution >= 0.6 is 0 Å². The Kier molecular flexibility index (Phi) is 4.70. The Hall–Kier alpha value is -2.09. The first kappa shape index (κ1) is 16.3. The topological polar surface area (TPSA) is 29.1 Å². The number of carbonyl (C=O) groups excluding carboxylic acids is 1. The van der Waals surface area contributed by atoms with Crippen molar-refractivity contribution in [1.82, 2.24) is 5.32 Å². The molecule has 2 rings (SSSR count). The number of nitrogens with one attached hydrogen (secondary N) is 1. The molecular weight excluding hydrogens is 270 g/mol. The molecule has 2 heteroatoms. The summed E-state index contributed by atoms with van der Waals surface area (Å²) in [6.07, 6.45) is 0.680. The maximum absolute atomic E-state index is 13.0. The Labute approximate surface area is 133 Å². The molecule has 2 nitrogen and oxygen atoms in total. The minimum Gasteiger partial charge on any atom is -0.351 e. The Morgan fingerprint density at radius 2 is 1.36 bits per heavy atom. The van der Waals surface area contributed by atoms with Crippen molar-refractivity contribution in [2.45, 2.75) is 45.1 Å². The van der Waals surface area contributed by atoms with Gasteiger partial charge in [0.2, 0.25) is 5.91 Å². The summed E-state index contributed by atoms with van der Waals surface area (Å²) >= 11 is 0. The molecule has 1 amide bonds. The van der Waals surface area contributed by atoms with Crippen LogP contribution in [0, 0.1) is 0 Å². The van der Waals surface area contributed by atoms with Gasteiger partial charge in [0.05, 0.1) is 5.41 Å². The first-order valence-electron chi connectivity index (χ1n) is 7.73. The summed E-state index contributed by atoms with van der Waals surface area (Å²) in [7, 11) is 0. The van der Waals surface area contributed by atoms with Crippen LogP contribution in [0.3, 0.4) is 0 Å². The van der Waals surface area contributed by atoms with Gasteiger partial charge in [-0.15, -0.1) is 0 Å². The molecule has 0 aliphatic heterocycles. The molecule has 2 aromatic carbocycles. The van der Waals surface area contributed by atoms with Crippen molar-refractivity contribution in [3.8, 4) is 0 Å². The van der Waals surface area contributed by atoms with Gasteiger partial charge in [0, 0.05) is 5.54 Å². The van der Waals surface area contributed by atoms with E-state index in [-0.39, 0.29) is 11.4 Å². The van der Waals surface area contributed by atoms with Crippen LogP contribution in [0.5, 0.6) is 0 Å². The van der Waals surface area contributed by atoms with Gasteiger partial charge in [-0.25, -0.2) is 0 Å². The molecule has 22 heavy (non-hydrogen) atoms. The molecule has 0 spiro atoms. The third-order valence-corrected chi connectivity index (χ3v) is 3.80. The second-order valence-corrected chi connectivity index (χ2v) is 7.06. The summed E-state index contributed by atoms with van der Waals surface area (Å²) in [4.78, 5) is 13.0. The SMILES string of the molecule is CC(C)(C)NC(=O)C(C)(Cc1ccccc1)c1ccccc1. The molecule has 0 heterocycles. The number of carbonyl (C=O) groups is 1. The first-order chi connectivity index (χ1) is 10.3. The Morgan fingerprint density at radius 3 is 1.86 bits per heavy atom.